The highest BCUT2D eigenvalue weighted by atomic mass is 32.1. The monoisotopic (exact) mass is 290 g/mol. The summed E-state index contributed by atoms with van der Waals surface area (Å²) < 4.78 is 35.7. The van der Waals surface area contributed by atoms with E-state index >= 15 is 0 Å². The minimum absolute atomic E-state index is 0.0139. The van der Waals surface area contributed by atoms with Crippen molar-refractivity contribution in [3.05, 3.63) is 21.9 Å². The van der Waals surface area contributed by atoms with Gasteiger partial charge in [-0.15, -0.1) is 11.3 Å². The first-order valence-electron chi connectivity index (χ1n) is 5.55. The molecule has 0 aliphatic rings. The number of hydrogen-bond acceptors (Lipinski definition) is 3. The third-order valence-corrected chi connectivity index (χ3v) is 3.03. The number of carbonyl (C=O) groups excluding carboxylic acids is 1. The molecule has 104 valence electrons. The topological polar surface area (TPSA) is 55.1 Å². The summed E-state index contributed by atoms with van der Waals surface area (Å²) in [6, 6.07) is 1.68. The smallest absolute Gasteiger partial charge is 0.351 e. The van der Waals surface area contributed by atoms with Gasteiger partial charge in [-0.1, -0.05) is 11.8 Å². The fraction of sp³-hybridized carbons (Fsp3) is 0.417. The molecule has 3 N–H and O–H groups in total. The highest BCUT2D eigenvalue weighted by Gasteiger charge is 2.26. The molecule has 0 saturated heterocycles. The van der Waals surface area contributed by atoms with Gasteiger partial charge in [0.25, 0.3) is 5.91 Å². The molecular formula is C12H13F3N2OS. The van der Waals surface area contributed by atoms with Gasteiger partial charge in [0.05, 0.1) is 6.54 Å². The molecule has 0 unspecified atom stereocenters. The molecule has 0 fully saturated rings. The Morgan fingerprint density at radius 1 is 1.47 bits per heavy atom. The quantitative estimate of drug-likeness (QED) is 0.659. The summed E-state index contributed by atoms with van der Waals surface area (Å²) in [5, 5.41) is 4.15. The Morgan fingerprint density at radius 2 is 2.21 bits per heavy atom. The van der Waals surface area contributed by atoms with E-state index in [2.05, 4.69) is 17.2 Å². The molecule has 1 aromatic heterocycles. The predicted molar refractivity (Wildman–Crippen MR) is 67.9 cm³/mol. The van der Waals surface area contributed by atoms with Crippen molar-refractivity contribution in [1.29, 1.82) is 0 Å². The van der Waals surface area contributed by atoms with Crippen LogP contribution in [0.3, 0.4) is 0 Å². The van der Waals surface area contributed by atoms with Gasteiger partial charge in [-0.3, -0.25) is 4.79 Å². The van der Waals surface area contributed by atoms with Gasteiger partial charge >= 0.3 is 6.18 Å². The van der Waals surface area contributed by atoms with Gasteiger partial charge < -0.3 is 11.1 Å². The van der Waals surface area contributed by atoms with Gasteiger partial charge in [-0.25, -0.2) is 0 Å². The summed E-state index contributed by atoms with van der Waals surface area (Å²) in [4.78, 5) is 12.1. The Labute approximate surface area is 113 Å². The van der Waals surface area contributed by atoms with Gasteiger partial charge in [0.2, 0.25) is 0 Å². The zero-order valence-electron chi connectivity index (χ0n) is 10.0. The van der Waals surface area contributed by atoms with E-state index in [4.69, 9.17) is 5.73 Å². The number of thiophene rings is 1. The lowest BCUT2D eigenvalue weighted by Crippen LogP contribution is -2.25. The maximum absolute atomic E-state index is 11.9. The van der Waals surface area contributed by atoms with Gasteiger partial charge in [0.1, 0.15) is 4.88 Å². The summed E-state index contributed by atoms with van der Waals surface area (Å²) in [6.45, 7) is 0.169. The summed E-state index contributed by atoms with van der Waals surface area (Å²) in [7, 11) is 0. The summed E-state index contributed by atoms with van der Waals surface area (Å²) in [5.41, 5.74) is 5.78. The van der Waals surface area contributed by atoms with Gasteiger partial charge in [0.15, 0.2) is 0 Å². The maximum Gasteiger partial charge on any atom is 0.389 e. The minimum atomic E-state index is -4.19. The van der Waals surface area contributed by atoms with E-state index in [1.54, 1.807) is 11.4 Å². The number of hydrogen-bond donors (Lipinski definition) is 2. The van der Waals surface area contributed by atoms with Crippen LogP contribution in [-0.2, 0) is 0 Å². The molecule has 0 bridgehead atoms. The Kier molecular flexibility index (Phi) is 5.86. The van der Waals surface area contributed by atoms with Crippen LogP contribution in [0.2, 0.25) is 0 Å². The fourth-order valence-corrected chi connectivity index (χ4v) is 2.07. The molecule has 0 aliphatic carbocycles. The minimum Gasteiger partial charge on any atom is -0.351 e. The second kappa shape index (κ2) is 7.16. The largest absolute Gasteiger partial charge is 0.389 e. The van der Waals surface area contributed by atoms with Crippen molar-refractivity contribution in [2.24, 2.45) is 5.73 Å². The third kappa shape index (κ3) is 5.77. The SMILES string of the molecule is NCC#Cc1ccsc1C(=O)NCCCC(F)(F)F. The fourth-order valence-electron chi connectivity index (χ4n) is 1.30. The van der Waals surface area contributed by atoms with Crippen molar-refractivity contribution >= 4 is 17.2 Å². The summed E-state index contributed by atoms with van der Waals surface area (Å²) in [5.74, 6) is 4.97. The van der Waals surface area contributed by atoms with Gasteiger partial charge in [0, 0.05) is 18.5 Å². The molecule has 7 heteroatoms. The van der Waals surface area contributed by atoms with E-state index in [1.165, 1.54) is 11.3 Å². The number of nitrogens with one attached hydrogen (secondary N) is 1. The van der Waals surface area contributed by atoms with Crippen molar-refractivity contribution in [2.75, 3.05) is 13.1 Å². The van der Waals surface area contributed by atoms with E-state index in [1.807, 2.05) is 0 Å². The van der Waals surface area contributed by atoms with Crippen LogP contribution >= 0.6 is 11.3 Å². The molecule has 0 radical (unpaired) electrons. The molecule has 0 aliphatic heterocycles. The number of rotatable bonds is 4. The Balaban J connectivity index is 2.48. The average Bonchev–Trinajstić information content (AvgIpc) is 2.79. The van der Waals surface area contributed by atoms with Crippen molar-refractivity contribution in [3.8, 4) is 11.8 Å². The molecule has 1 rings (SSSR count). The number of carbonyl (C=O) groups is 1. The Bertz CT molecular complexity index is 485. The number of halogens is 3. The molecule has 1 amide bonds. The lowest BCUT2D eigenvalue weighted by molar-refractivity contribution is -0.135. The molecule has 3 nitrogen and oxygen atoms in total. The van der Waals surface area contributed by atoms with Crippen LogP contribution in [0.1, 0.15) is 28.1 Å². The van der Waals surface area contributed by atoms with Crippen molar-refractivity contribution in [1.82, 2.24) is 5.32 Å². The first-order chi connectivity index (χ1) is 8.94. The molecule has 1 heterocycles. The zero-order valence-corrected chi connectivity index (χ0v) is 10.8. The van der Waals surface area contributed by atoms with Crippen LogP contribution in [0.4, 0.5) is 13.2 Å². The van der Waals surface area contributed by atoms with Crippen molar-refractivity contribution in [3.63, 3.8) is 0 Å². The normalized spacial score (nSPS) is 10.7. The predicted octanol–water partition coefficient (Wildman–Crippen LogP) is 2.13. The van der Waals surface area contributed by atoms with E-state index in [-0.39, 0.29) is 19.5 Å². The molecule has 0 spiro atoms. The van der Waals surface area contributed by atoms with Crippen LogP contribution < -0.4 is 11.1 Å². The van der Waals surface area contributed by atoms with E-state index in [0.717, 1.165) is 0 Å². The maximum atomic E-state index is 11.9. The van der Waals surface area contributed by atoms with Gasteiger partial charge in [-0.2, -0.15) is 13.2 Å². The van der Waals surface area contributed by atoms with Crippen LogP contribution in [-0.4, -0.2) is 25.2 Å². The lowest BCUT2D eigenvalue weighted by atomic mass is 10.2. The molecule has 19 heavy (non-hydrogen) atoms. The second-order valence-electron chi connectivity index (χ2n) is 3.64. The summed E-state index contributed by atoms with van der Waals surface area (Å²) >= 11 is 1.19. The summed E-state index contributed by atoms with van der Waals surface area (Å²) in [6.07, 6.45) is -5.23. The number of alkyl halides is 3. The first-order valence-corrected chi connectivity index (χ1v) is 6.43. The zero-order chi connectivity index (χ0) is 14.3. The second-order valence-corrected chi connectivity index (χ2v) is 4.56. The van der Waals surface area contributed by atoms with Gasteiger partial charge in [-0.05, 0) is 17.9 Å². The highest BCUT2D eigenvalue weighted by molar-refractivity contribution is 7.12. The number of nitrogens with two attached hydrogens (primary N) is 1. The van der Waals surface area contributed by atoms with E-state index < -0.39 is 18.5 Å². The first kappa shape index (κ1) is 15.5. The lowest BCUT2D eigenvalue weighted by Gasteiger charge is -2.06. The Morgan fingerprint density at radius 3 is 2.84 bits per heavy atom. The van der Waals surface area contributed by atoms with E-state index in [0.29, 0.717) is 10.4 Å². The van der Waals surface area contributed by atoms with Crippen LogP contribution in [0.5, 0.6) is 0 Å². The molecule has 0 aromatic carbocycles. The van der Waals surface area contributed by atoms with Crippen LogP contribution in [0.15, 0.2) is 11.4 Å². The average molecular weight is 290 g/mol. The van der Waals surface area contributed by atoms with Crippen molar-refractivity contribution < 1.29 is 18.0 Å². The standard InChI is InChI=1S/C12H13F3N2OS/c13-12(14,15)5-2-7-17-11(18)10-9(3-1-6-16)4-8-19-10/h4,8H,2,5-7,16H2,(H,17,18). The molecule has 0 saturated carbocycles. The highest BCUT2D eigenvalue weighted by Crippen LogP contribution is 2.21. The molecule has 1 aromatic rings. The third-order valence-electron chi connectivity index (χ3n) is 2.12. The van der Waals surface area contributed by atoms with Crippen LogP contribution in [0, 0.1) is 11.8 Å². The molecular weight excluding hydrogens is 277 g/mol. The Hall–Kier alpha value is -1.52. The number of amides is 1. The van der Waals surface area contributed by atoms with Crippen LogP contribution in [0.25, 0.3) is 0 Å². The molecule has 0 atom stereocenters. The van der Waals surface area contributed by atoms with Crippen molar-refractivity contribution in [2.45, 2.75) is 19.0 Å². The van der Waals surface area contributed by atoms with E-state index in [9.17, 15) is 18.0 Å².